The van der Waals surface area contributed by atoms with E-state index in [1.54, 1.807) is 10.9 Å². The van der Waals surface area contributed by atoms with Gasteiger partial charge in [-0.2, -0.15) is 5.10 Å². The zero-order valence-corrected chi connectivity index (χ0v) is 16.2. The number of amides is 1. The molecule has 3 N–H and O–H groups in total. The zero-order valence-electron chi connectivity index (χ0n) is 15.4. The second-order valence-corrected chi connectivity index (χ2v) is 6.60. The molecule has 9 heteroatoms. The Bertz CT molecular complexity index is 1210. The van der Waals surface area contributed by atoms with Gasteiger partial charge in [-0.05, 0) is 24.3 Å². The van der Waals surface area contributed by atoms with Gasteiger partial charge in [-0.15, -0.1) is 0 Å². The summed E-state index contributed by atoms with van der Waals surface area (Å²) < 4.78 is 21.5. The smallest absolute Gasteiger partial charge is 0.258 e. The first-order valence-corrected chi connectivity index (χ1v) is 9.18. The van der Waals surface area contributed by atoms with Crippen LogP contribution in [0.15, 0.2) is 73.2 Å². The Balaban J connectivity index is 1.48. The third kappa shape index (κ3) is 4.08. The summed E-state index contributed by atoms with van der Waals surface area (Å²) in [5.41, 5.74) is 7.03. The first kappa shape index (κ1) is 19.4. The molecule has 0 fully saturated rings. The first-order valence-electron chi connectivity index (χ1n) is 8.80. The summed E-state index contributed by atoms with van der Waals surface area (Å²) in [7, 11) is 0. The lowest BCUT2D eigenvalue weighted by Crippen LogP contribution is -2.11. The molecule has 4 rings (SSSR count). The van der Waals surface area contributed by atoms with E-state index >= 15 is 0 Å². The number of aromatic nitrogens is 3. The van der Waals surface area contributed by atoms with Crippen LogP contribution >= 0.6 is 11.6 Å². The van der Waals surface area contributed by atoms with E-state index in [0.29, 0.717) is 5.56 Å². The van der Waals surface area contributed by atoms with Gasteiger partial charge >= 0.3 is 0 Å². The van der Waals surface area contributed by atoms with Crippen LogP contribution in [0.5, 0.6) is 11.5 Å². The van der Waals surface area contributed by atoms with Gasteiger partial charge in [0.05, 0.1) is 17.4 Å². The monoisotopic (exact) mass is 423 g/mol. The van der Waals surface area contributed by atoms with Crippen molar-refractivity contribution in [2.24, 2.45) is 0 Å². The minimum absolute atomic E-state index is 0.0719. The largest absolute Gasteiger partial charge is 0.453 e. The second kappa shape index (κ2) is 8.22. The Hall–Kier alpha value is -3.91. The van der Waals surface area contributed by atoms with Gasteiger partial charge in [0.15, 0.2) is 17.3 Å². The minimum Gasteiger partial charge on any atom is -0.453 e. The summed E-state index contributed by atoms with van der Waals surface area (Å²) in [6.45, 7) is 0. The maximum absolute atomic E-state index is 14.5. The van der Waals surface area contributed by atoms with Crippen molar-refractivity contribution in [1.82, 2.24) is 14.8 Å². The number of hydrogen-bond acceptors (Lipinski definition) is 5. The average molecular weight is 424 g/mol. The van der Waals surface area contributed by atoms with Gasteiger partial charge in [-0.3, -0.25) is 4.79 Å². The number of nitrogens with two attached hydrogens (primary N) is 1. The normalized spacial score (nSPS) is 10.6. The van der Waals surface area contributed by atoms with Crippen LogP contribution in [0.25, 0.3) is 5.69 Å². The standard InChI is InChI=1S/C21H15ClFN5O2/c22-19-18(8-9-25-20(19)24)30-17-7-6-14(10-16(17)23)27-21(29)13-11-26-28(12-13)15-4-2-1-3-5-15/h1-12H,(H2,24,25)(H,27,29). The number of para-hydroxylation sites is 1. The molecule has 2 aromatic heterocycles. The molecule has 1 amide bonds. The van der Waals surface area contributed by atoms with Gasteiger partial charge in [0.2, 0.25) is 0 Å². The molecule has 2 heterocycles. The average Bonchev–Trinajstić information content (AvgIpc) is 3.24. The van der Waals surface area contributed by atoms with E-state index in [0.717, 1.165) is 11.8 Å². The number of nitrogens with one attached hydrogen (secondary N) is 1. The predicted octanol–water partition coefficient (Wildman–Crippen LogP) is 4.69. The number of anilines is 2. The maximum atomic E-state index is 14.5. The van der Waals surface area contributed by atoms with Crippen LogP contribution in [-0.2, 0) is 0 Å². The number of pyridine rings is 1. The quantitative estimate of drug-likeness (QED) is 0.485. The second-order valence-electron chi connectivity index (χ2n) is 6.22. The molecule has 0 aliphatic heterocycles. The fraction of sp³-hybridized carbons (Fsp3) is 0. The molecule has 0 bridgehead atoms. The third-order valence-electron chi connectivity index (χ3n) is 4.16. The summed E-state index contributed by atoms with van der Waals surface area (Å²) in [6, 6.07) is 14.9. The lowest BCUT2D eigenvalue weighted by Gasteiger charge is -2.10. The van der Waals surface area contributed by atoms with Crippen molar-refractivity contribution in [3.8, 4) is 17.2 Å². The van der Waals surface area contributed by atoms with Crippen LogP contribution in [0.4, 0.5) is 15.9 Å². The minimum atomic E-state index is -0.681. The SMILES string of the molecule is Nc1nccc(Oc2ccc(NC(=O)c3cnn(-c4ccccc4)c3)cc2F)c1Cl. The van der Waals surface area contributed by atoms with E-state index in [1.165, 1.54) is 30.6 Å². The van der Waals surface area contributed by atoms with Gasteiger partial charge in [-0.1, -0.05) is 29.8 Å². The third-order valence-corrected chi connectivity index (χ3v) is 4.54. The highest BCUT2D eigenvalue weighted by Gasteiger charge is 2.14. The highest BCUT2D eigenvalue weighted by Crippen LogP contribution is 2.33. The number of carbonyl (C=O) groups is 1. The van der Waals surface area contributed by atoms with Crippen molar-refractivity contribution in [1.29, 1.82) is 0 Å². The fourth-order valence-electron chi connectivity index (χ4n) is 2.67. The van der Waals surface area contributed by atoms with E-state index in [4.69, 9.17) is 22.1 Å². The molecule has 7 nitrogen and oxygen atoms in total. The van der Waals surface area contributed by atoms with E-state index in [2.05, 4.69) is 15.4 Å². The summed E-state index contributed by atoms with van der Waals surface area (Å²) in [6.07, 6.45) is 4.43. The van der Waals surface area contributed by atoms with Crippen molar-refractivity contribution >= 4 is 29.0 Å². The molecule has 0 saturated heterocycles. The van der Waals surface area contributed by atoms with E-state index in [-0.39, 0.29) is 28.0 Å². The summed E-state index contributed by atoms with van der Waals surface area (Å²) in [5, 5.41) is 6.90. The molecule has 0 unspecified atom stereocenters. The number of rotatable bonds is 5. The number of hydrogen-bond donors (Lipinski definition) is 2. The maximum Gasteiger partial charge on any atom is 0.258 e. The summed E-state index contributed by atoms with van der Waals surface area (Å²) >= 11 is 6.01. The lowest BCUT2D eigenvalue weighted by molar-refractivity contribution is 0.102. The molecule has 0 aliphatic carbocycles. The topological polar surface area (TPSA) is 95.1 Å². The molecule has 4 aromatic rings. The van der Waals surface area contributed by atoms with Crippen molar-refractivity contribution in [2.45, 2.75) is 0 Å². The van der Waals surface area contributed by atoms with Crippen LogP contribution in [-0.4, -0.2) is 20.7 Å². The molecular weight excluding hydrogens is 409 g/mol. The van der Waals surface area contributed by atoms with Gasteiger partial charge in [0, 0.05) is 30.2 Å². The molecule has 2 aromatic carbocycles. The van der Waals surface area contributed by atoms with Crippen LogP contribution in [0, 0.1) is 5.82 Å². The fourth-order valence-corrected chi connectivity index (χ4v) is 2.82. The molecular formula is C21H15ClFN5O2. The van der Waals surface area contributed by atoms with Crippen LogP contribution in [0.3, 0.4) is 0 Å². The first-order chi connectivity index (χ1) is 14.5. The molecule has 30 heavy (non-hydrogen) atoms. The Labute approximate surface area is 175 Å². The van der Waals surface area contributed by atoms with Crippen LogP contribution < -0.4 is 15.8 Å². The number of nitrogens with zero attached hydrogens (tertiary/aromatic N) is 3. The molecule has 150 valence electrons. The summed E-state index contributed by atoms with van der Waals surface area (Å²) in [5.74, 6) is -0.922. The van der Waals surface area contributed by atoms with Crippen molar-refractivity contribution < 1.29 is 13.9 Å². The Morgan fingerprint density at radius 1 is 1.13 bits per heavy atom. The highest BCUT2D eigenvalue weighted by atomic mass is 35.5. The van der Waals surface area contributed by atoms with E-state index < -0.39 is 11.7 Å². The van der Waals surface area contributed by atoms with Gasteiger partial charge in [0.25, 0.3) is 5.91 Å². The van der Waals surface area contributed by atoms with Crippen LogP contribution in [0.2, 0.25) is 5.02 Å². The number of halogens is 2. The number of benzene rings is 2. The van der Waals surface area contributed by atoms with E-state index in [1.807, 2.05) is 30.3 Å². The summed E-state index contributed by atoms with van der Waals surface area (Å²) in [4.78, 5) is 16.3. The Morgan fingerprint density at radius 2 is 1.93 bits per heavy atom. The number of carbonyl (C=O) groups excluding carboxylic acids is 1. The molecule has 0 atom stereocenters. The number of nitrogen functional groups attached to an aromatic ring is 1. The van der Waals surface area contributed by atoms with Crippen molar-refractivity contribution in [2.75, 3.05) is 11.1 Å². The molecule has 0 spiro atoms. The Morgan fingerprint density at radius 3 is 2.70 bits per heavy atom. The highest BCUT2D eigenvalue weighted by molar-refractivity contribution is 6.34. The van der Waals surface area contributed by atoms with E-state index in [9.17, 15) is 9.18 Å². The molecule has 0 radical (unpaired) electrons. The zero-order chi connectivity index (χ0) is 21.1. The molecule has 0 aliphatic rings. The van der Waals surface area contributed by atoms with Crippen LogP contribution in [0.1, 0.15) is 10.4 Å². The number of ether oxygens (including phenoxy) is 1. The Kier molecular flexibility index (Phi) is 5.32. The predicted molar refractivity (Wildman–Crippen MR) is 112 cm³/mol. The van der Waals surface area contributed by atoms with Crippen molar-refractivity contribution in [3.05, 3.63) is 89.6 Å². The van der Waals surface area contributed by atoms with Gasteiger partial charge in [-0.25, -0.2) is 14.1 Å². The lowest BCUT2D eigenvalue weighted by atomic mass is 10.2. The van der Waals surface area contributed by atoms with Gasteiger partial charge in [0.1, 0.15) is 10.8 Å². The van der Waals surface area contributed by atoms with Gasteiger partial charge < -0.3 is 15.8 Å². The molecule has 0 saturated carbocycles. The van der Waals surface area contributed by atoms with Crippen molar-refractivity contribution in [3.63, 3.8) is 0 Å².